The van der Waals surface area contributed by atoms with E-state index in [1.807, 2.05) is 34.7 Å². The summed E-state index contributed by atoms with van der Waals surface area (Å²) in [7, 11) is 0. The van der Waals surface area contributed by atoms with E-state index >= 15 is 0 Å². The van der Waals surface area contributed by atoms with E-state index in [2.05, 4.69) is 48.1 Å². The van der Waals surface area contributed by atoms with Crippen molar-refractivity contribution in [1.82, 2.24) is 24.1 Å². The Balaban J connectivity index is 1.49. The first-order valence-electron chi connectivity index (χ1n) is 11.1. The number of para-hydroxylation sites is 1. The number of hydrogen-bond acceptors (Lipinski definition) is 6. The van der Waals surface area contributed by atoms with E-state index in [-0.39, 0.29) is 5.56 Å². The number of benzene rings is 2. The van der Waals surface area contributed by atoms with Crippen LogP contribution in [0.4, 0.5) is 0 Å². The van der Waals surface area contributed by atoms with E-state index in [1.165, 1.54) is 17.3 Å². The molecule has 0 spiro atoms. The number of hydrogen-bond donors (Lipinski definition) is 0. The van der Waals surface area contributed by atoms with Crippen LogP contribution in [-0.2, 0) is 12.3 Å². The summed E-state index contributed by atoms with van der Waals surface area (Å²) in [5.74, 6) is 1.77. The lowest BCUT2D eigenvalue weighted by atomic mass is 10.1. The summed E-state index contributed by atoms with van der Waals surface area (Å²) < 4.78 is 9.47. The van der Waals surface area contributed by atoms with Crippen LogP contribution in [-0.4, -0.2) is 24.1 Å². The van der Waals surface area contributed by atoms with Gasteiger partial charge in [0.1, 0.15) is 6.26 Å². The smallest absolute Gasteiger partial charge is 0.262 e. The van der Waals surface area contributed by atoms with Gasteiger partial charge in [-0.25, -0.2) is 4.98 Å². The fourth-order valence-electron chi connectivity index (χ4n) is 4.03. The minimum absolute atomic E-state index is 0.0230. The van der Waals surface area contributed by atoms with Gasteiger partial charge in [0, 0.05) is 17.9 Å². The Morgan fingerprint density at radius 2 is 1.94 bits per heavy atom. The van der Waals surface area contributed by atoms with Gasteiger partial charge in [0.05, 0.1) is 16.6 Å². The Kier molecular flexibility index (Phi) is 5.76. The van der Waals surface area contributed by atoms with Crippen molar-refractivity contribution in [1.29, 1.82) is 0 Å². The molecule has 2 aromatic carbocycles. The first kappa shape index (κ1) is 21.5. The van der Waals surface area contributed by atoms with Crippen molar-refractivity contribution in [2.45, 2.75) is 51.1 Å². The Labute approximate surface area is 195 Å². The molecule has 0 atom stereocenters. The maximum atomic E-state index is 13.1. The molecule has 0 aliphatic rings. The Morgan fingerprint density at radius 1 is 1.09 bits per heavy atom. The van der Waals surface area contributed by atoms with Gasteiger partial charge in [0.25, 0.3) is 5.56 Å². The quantitative estimate of drug-likeness (QED) is 0.303. The molecular weight excluding hydrogens is 434 g/mol. The fourth-order valence-corrected chi connectivity index (χ4v) is 4.85. The van der Waals surface area contributed by atoms with E-state index in [4.69, 9.17) is 4.42 Å². The molecule has 3 heterocycles. The number of unbranched alkanes of at least 4 members (excludes halogenated alkanes) is 1. The average molecular weight is 460 g/mol. The predicted octanol–water partition coefficient (Wildman–Crippen LogP) is 5.41. The minimum Gasteiger partial charge on any atom is -0.444 e. The Morgan fingerprint density at radius 3 is 2.76 bits per heavy atom. The molecule has 8 heteroatoms. The van der Waals surface area contributed by atoms with Gasteiger partial charge in [0.2, 0.25) is 11.7 Å². The summed E-state index contributed by atoms with van der Waals surface area (Å²) in [6.07, 6.45) is 3.60. The standard InChI is InChI=1S/C25H25N5O2S/c1-4-5-12-29-23(31)20-8-6-7-9-21(20)30-24(29)27-28-25(30)33-15-18-14-32-22(26-18)19-11-10-16(2)13-17(19)3/h6-11,13-14H,4-5,12,15H2,1-3H3. The number of aromatic nitrogens is 5. The number of fused-ring (bicyclic) bond motifs is 3. The van der Waals surface area contributed by atoms with E-state index < -0.39 is 0 Å². The van der Waals surface area contributed by atoms with Crippen molar-refractivity contribution in [3.8, 4) is 11.5 Å². The molecule has 7 nitrogen and oxygen atoms in total. The van der Waals surface area contributed by atoms with Gasteiger partial charge in [-0.05, 0) is 44.0 Å². The van der Waals surface area contributed by atoms with Gasteiger partial charge in [-0.2, -0.15) is 0 Å². The van der Waals surface area contributed by atoms with E-state index in [9.17, 15) is 4.79 Å². The molecule has 0 amide bonds. The highest BCUT2D eigenvalue weighted by molar-refractivity contribution is 7.98. The van der Waals surface area contributed by atoms with Crippen molar-refractivity contribution < 1.29 is 4.42 Å². The van der Waals surface area contributed by atoms with Crippen LogP contribution in [0.5, 0.6) is 0 Å². The van der Waals surface area contributed by atoms with Crippen LogP contribution in [0.1, 0.15) is 36.6 Å². The molecule has 5 aromatic rings. The summed E-state index contributed by atoms with van der Waals surface area (Å²) in [6.45, 7) is 6.86. The van der Waals surface area contributed by atoms with Crippen LogP contribution < -0.4 is 5.56 Å². The zero-order valence-corrected chi connectivity index (χ0v) is 19.7. The highest BCUT2D eigenvalue weighted by Crippen LogP contribution is 2.28. The Hall–Kier alpha value is -3.39. The summed E-state index contributed by atoms with van der Waals surface area (Å²) in [5.41, 5.74) is 4.96. The maximum absolute atomic E-state index is 13.1. The van der Waals surface area contributed by atoms with Gasteiger partial charge in [-0.1, -0.05) is 54.9 Å². The number of thioether (sulfide) groups is 1. The highest BCUT2D eigenvalue weighted by Gasteiger charge is 2.17. The maximum Gasteiger partial charge on any atom is 0.262 e. The van der Waals surface area contributed by atoms with Gasteiger partial charge in [-0.3, -0.25) is 13.8 Å². The average Bonchev–Trinajstić information content (AvgIpc) is 3.45. The van der Waals surface area contributed by atoms with Crippen LogP contribution >= 0.6 is 11.8 Å². The third kappa shape index (κ3) is 3.95. The molecule has 0 unspecified atom stereocenters. The molecule has 168 valence electrons. The third-order valence-corrected chi connectivity index (χ3v) is 6.69. The Bertz CT molecular complexity index is 1510. The van der Waals surface area contributed by atoms with Crippen LogP contribution in [0, 0.1) is 13.8 Å². The number of rotatable bonds is 7. The molecule has 0 fully saturated rings. The molecule has 0 saturated heterocycles. The molecule has 0 aliphatic heterocycles. The van der Waals surface area contributed by atoms with Gasteiger partial charge < -0.3 is 4.42 Å². The van der Waals surface area contributed by atoms with Crippen molar-refractivity contribution in [2.75, 3.05) is 0 Å². The second kappa shape index (κ2) is 8.86. The lowest BCUT2D eigenvalue weighted by Crippen LogP contribution is -2.23. The molecule has 0 saturated carbocycles. The lowest BCUT2D eigenvalue weighted by molar-refractivity contribution is 0.573. The van der Waals surface area contributed by atoms with E-state index in [1.54, 1.807) is 10.8 Å². The SMILES string of the molecule is CCCCn1c(=O)c2ccccc2n2c(SCc3coc(-c4ccc(C)cc4C)n3)nnc12. The topological polar surface area (TPSA) is 78.2 Å². The van der Waals surface area contributed by atoms with Crippen molar-refractivity contribution in [3.63, 3.8) is 0 Å². The molecule has 5 rings (SSSR count). The first-order chi connectivity index (χ1) is 16.1. The zero-order valence-electron chi connectivity index (χ0n) is 18.9. The second-order valence-corrected chi connectivity index (χ2v) is 9.14. The summed E-state index contributed by atoms with van der Waals surface area (Å²) in [6, 6.07) is 13.9. The molecule has 0 radical (unpaired) electrons. The normalized spacial score (nSPS) is 11.6. The molecule has 0 bridgehead atoms. The van der Waals surface area contributed by atoms with Crippen molar-refractivity contribution >= 4 is 28.4 Å². The van der Waals surface area contributed by atoms with Crippen LogP contribution in [0.2, 0.25) is 0 Å². The first-order valence-corrected chi connectivity index (χ1v) is 12.1. The fraction of sp³-hybridized carbons (Fsp3) is 0.280. The highest BCUT2D eigenvalue weighted by atomic mass is 32.2. The van der Waals surface area contributed by atoms with E-state index in [0.717, 1.165) is 40.3 Å². The van der Waals surface area contributed by atoms with Crippen LogP contribution in [0.15, 0.2) is 63.1 Å². The zero-order chi connectivity index (χ0) is 22.9. The number of nitrogens with zero attached hydrogens (tertiary/aromatic N) is 5. The predicted molar refractivity (Wildman–Crippen MR) is 131 cm³/mol. The molecule has 33 heavy (non-hydrogen) atoms. The second-order valence-electron chi connectivity index (χ2n) is 8.20. The third-order valence-electron chi connectivity index (χ3n) is 5.73. The van der Waals surface area contributed by atoms with Crippen LogP contribution in [0.25, 0.3) is 28.1 Å². The largest absolute Gasteiger partial charge is 0.444 e. The molecule has 0 N–H and O–H groups in total. The molecule has 3 aromatic heterocycles. The monoisotopic (exact) mass is 459 g/mol. The van der Waals surface area contributed by atoms with Crippen molar-refractivity contribution in [2.24, 2.45) is 0 Å². The minimum atomic E-state index is -0.0230. The summed E-state index contributed by atoms with van der Waals surface area (Å²) >= 11 is 1.53. The van der Waals surface area contributed by atoms with E-state index in [0.29, 0.717) is 29.4 Å². The van der Waals surface area contributed by atoms with Crippen molar-refractivity contribution in [3.05, 3.63) is 75.9 Å². The van der Waals surface area contributed by atoms with Crippen LogP contribution in [0.3, 0.4) is 0 Å². The van der Waals surface area contributed by atoms with Gasteiger partial charge in [0.15, 0.2) is 5.16 Å². The summed E-state index contributed by atoms with van der Waals surface area (Å²) in [4.78, 5) is 17.8. The molecular formula is C25H25N5O2S. The van der Waals surface area contributed by atoms with Gasteiger partial charge >= 0.3 is 0 Å². The van der Waals surface area contributed by atoms with Gasteiger partial charge in [-0.15, -0.1) is 10.2 Å². The number of oxazole rings is 1. The molecule has 0 aliphatic carbocycles. The lowest BCUT2D eigenvalue weighted by Gasteiger charge is -2.10. The number of aryl methyl sites for hydroxylation is 3. The summed E-state index contributed by atoms with van der Waals surface area (Å²) in [5, 5.41) is 10.2.